The molecule has 1 aromatic carbocycles. The molecule has 33 heavy (non-hydrogen) atoms. The van der Waals surface area contributed by atoms with Gasteiger partial charge in [-0.3, -0.25) is 14.6 Å². The van der Waals surface area contributed by atoms with Crippen molar-refractivity contribution in [2.24, 2.45) is 0 Å². The smallest absolute Gasteiger partial charge is 0.273 e. The predicted molar refractivity (Wildman–Crippen MR) is 126 cm³/mol. The van der Waals surface area contributed by atoms with E-state index in [9.17, 15) is 4.79 Å². The Morgan fingerprint density at radius 3 is 2.45 bits per heavy atom. The number of hydrogen-bond donors (Lipinski definition) is 1. The maximum Gasteiger partial charge on any atom is 0.273 e. The Labute approximate surface area is 194 Å². The van der Waals surface area contributed by atoms with Gasteiger partial charge in [0.15, 0.2) is 5.69 Å². The summed E-state index contributed by atoms with van der Waals surface area (Å²) in [6, 6.07) is 12.2. The normalized spacial score (nSPS) is 15.2. The summed E-state index contributed by atoms with van der Waals surface area (Å²) in [4.78, 5) is 30.2. The lowest BCUT2D eigenvalue weighted by atomic mass is 10.2. The first-order chi connectivity index (χ1) is 16.0. The summed E-state index contributed by atoms with van der Waals surface area (Å²) in [6.45, 7) is 9.46. The van der Waals surface area contributed by atoms with E-state index >= 15 is 0 Å². The topological polar surface area (TPSA) is 87.4 Å². The lowest BCUT2D eigenvalue weighted by molar-refractivity contribution is 0.0944. The average Bonchev–Trinajstić information content (AvgIpc) is 3.27. The van der Waals surface area contributed by atoms with Gasteiger partial charge in [0.1, 0.15) is 12.1 Å². The van der Waals surface area contributed by atoms with Crippen LogP contribution in [0.4, 0.5) is 0 Å². The molecule has 8 heteroatoms. The fourth-order valence-electron chi connectivity index (χ4n) is 3.84. The van der Waals surface area contributed by atoms with Gasteiger partial charge >= 0.3 is 0 Å². The molecule has 3 aromatic rings. The van der Waals surface area contributed by atoms with Crippen LogP contribution in [0.3, 0.4) is 0 Å². The van der Waals surface area contributed by atoms with Crippen LogP contribution in [0.5, 0.6) is 0 Å². The fourth-order valence-corrected chi connectivity index (χ4v) is 3.84. The summed E-state index contributed by atoms with van der Waals surface area (Å²) in [6.07, 6.45) is 5.79. The minimum absolute atomic E-state index is 0.254. The molecule has 4 rings (SSSR count). The number of nitrogens with one attached hydrogen (secondary N) is 1. The zero-order valence-corrected chi connectivity index (χ0v) is 19.2. The molecule has 0 aliphatic carbocycles. The highest BCUT2D eigenvalue weighted by Crippen LogP contribution is 2.10. The van der Waals surface area contributed by atoms with Gasteiger partial charge in [-0.25, -0.2) is 15.0 Å². The van der Waals surface area contributed by atoms with Crippen LogP contribution in [0.1, 0.15) is 39.2 Å². The van der Waals surface area contributed by atoms with Crippen molar-refractivity contribution in [1.29, 1.82) is 0 Å². The van der Waals surface area contributed by atoms with Gasteiger partial charge in [0.05, 0.1) is 13.1 Å². The van der Waals surface area contributed by atoms with Crippen LogP contribution in [-0.4, -0.2) is 63.4 Å². The molecule has 3 heterocycles. The van der Waals surface area contributed by atoms with Crippen LogP contribution >= 0.6 is 0 Å². The van der Waals surface area contributed by atoms with Crippen molar-refractivity contribution in [3.05, 3.63) is 83.1 Å². The van der Waals surface area contributed by atoms with E-state index in [1.54, 1.807) is 0 Å². The third-order valence-corrected chi connectivity index (χ3v) is 5.52. The quantitative estimate of drug-likeness (QED) is 0.569. The molecule has 0 radical (unpaired) electrons. The van der Waals surface area contributed by atoms with Crippen molar-refractivity contribution < 1.29 is 9.21 Å². The van der Waals surface area contributed by atoms with Crippen molar-refractivity contribution in [1.82, 2.24) is 30.1 Å². The van der Waals surface area contributed by atoms with Gasteiger partial charge in [-0.2, -0.15) is 0 Å². The van der Waals surface area contributed by atoms with E-state index in [0.717, 1.165) is 44.1 Å². The van der Waals surface area contributed by atoms with Crippen molar-refractivity contribution in [2.75, 3.05) is 32.7 Å². The van der Waals surface area contributed by atoms with Gasteiger partial charge in [0.2, 0.25) is 5.89 Å². The van der Waals surface area contributed by atoms with Crippen molar-refractivity contribution in [3.63, 3.8) is 0 Å². The van der Waals surface area contributed by atoms with Gasteiger partial charge in [-0.05, 0) is 25.5 Å². The first-order valence-corrected chi connectivity index (χ1v) is 11.3. The van der Waals surface area contributed by atoms with Gasteiger partial charge < -0.3 is 9.73 Å². The minimum Gasteiger partial charge on any atom is -0.447 e. The third kappa shape index (κ3) is 6.81. The first-order valence-electron chi connectivity index (χ1n) is 11.3. The molecule has 2 aromatic heterocycles. The fraction of sp³-hybridized carbons (Fsp3) is 0.360. The van der Waals surface area contributed by atoms with Gasteiger partial charge in [-0.1, -0.05) is 42.5 Å². The molecule has 1 fully saturated rings. The second kappa shape index (κ2) is 11.0. The second-order valence-corrected chi connectivity index (χ2v) is 8.27. The van der Waals surface area contributed by atoms with E-state index in [2.05, 4.69) is 66.5 Å². The molecular weight excluding hydrogens is 416 g/mol. The van der Waals surface area contributed by atoms with Crippen molar-refractivity contribution >= 4 is 12.0 Å². The molecule has 1 saturated heterocycles. The van der Waals surface area contributed by atoms with E-state index in [0.29, 0.717) is 18.3 Å². The van der Waals surface area contributed by atoms with E-state index < -0.39 is 0 Å². The summed E-state index contributed by atoms with van der Waals surface area (Å²) in [5, 5.41) is 2.81. The number of rotatable bonds is 8. The average molecular weight is 447 g/mol. The highest BCUT2D eigenvalue weighted by molar-refractivity contribution is 5.91. The SMILES string of the molecule is Cc1cc(C)nc(CNC(=O)c2coc(CN3CCN(C/C=C/c4ccccc4)CC3)n2)n1. The Balaban J connectivity index is 1.20. The minimum atomic E-state index is -0.289. The first kappa shape index (κ1) is 22.8. The van der Waals surface area contributed by atoms with E-state index in [-0.39, 0.29) is 18.1 Å². The molecule has 1 amide bonds. The molecule has 1 aliphatic heterocycles. The number of amides is 1. The maximum atomic E-state index is 12.4. The molecule has 1 aliphatic rings. The highest BCUT2D eigenvalue weighted by Gasteiger charge is 2.19. The zero-order chi connectivity index (χ0) is 23.0. The van der Waals surface area contributed by atoms with Crippen LogP contribution in [0, 0.1) is 13.8 Å². The lowest BCUT2D eigenvalue weighted by Gasteiger charge is -2.33. The molecule has 172 valence electrons. The molecule has 0 saturated carbocycles. The van der Waals surface area contributed by atoms with E-state index in [4.69, 9.17) is 4.42 Å². The molecule has 0 unspecified atom stereocenters. The van der Waals surface area contributed by atoms with Gasteiger partial charge in [0, 0.05) is 44.1 Å². The summed E-state index contributed by atoms with van der Waals surface area (Å²) >= 11 is 0. The summed E-state index contributed by atoms with van der Waals surface area (Å²) < 4.78 is 5.55. The Morgan fingerprint density at radius 1 is 1.03 bits per heavy atom. The number of nitrogens with zero attached hydrogens (tertiary/aromatic N) is 5. The Bertz CT molecular complexity index is 1070. The third-order valence-electron chi connectivity index (χ3n) is 5.52. The number of aryl methyl sites for hydroxylation is 2. The largest absolute Gasteiger partial charge is 0.447 e. The van der Waals surface area contributed by atoms with Crippen molar-refractivity contribution in [3.8, 4) is 0 Å². The Kier molecular flexibility index (Phi) is 7.59. The number of oxazole rings is 1. The Hall–Kier alpha value is -3.36. The van der Waals surface area contributed by atoms with Crippen LogP contribution in [0.2, 0.25) is 0 Å². The number of carbonyl (C=O) groups is 1. The van der Waals surface area contributed by atoms with Crippen molar-refractivity contribution in [2.45, 2.75) is 26.9 Å². The summed E-state index contributed by atoms with van der Waals surface area (Å²) in [5.41, 5.74) is 3.26. The molecule has 1 N–H and O–H groups in total. The maximum absolute atomic E-state index is 12.4. The molecule has 0 spiro atoms. The van der Waals surface area contributed by atoms with Crippen LogP contribution in [0.25, 0.3) is 6.08 Å². The highest BCUT2D eigenvalue weighted by atomic mass is 16.3. The van der Waals surface area contributed by atoms with E-state index in [1.807, 2.05) is 26.0 Å². The Morgan fingerprint density at radius 2 is 1.73 bits per heavy atom. The molecule has 8 nitrogen and oxygen atoms in total. The summed E-state index contributed by atoms with van der Waals surface area (Å²) in [5.74, 6) is 0.851. The van der Waals surface area contributed by atoms with Crippen LogP contribution < -0.4 is 5.32 Å². The standard InChI is InChI=1S/C25H30N6O2/c1-19-15-20(2)28-23(27-19)16-26-25(32)22-18-33-24(29-22)17-31-13-11-30(12-14-31)10-6-9-21-7-4-3-5-8-21/h3-9,15,18H,10-14,16-17H2,1-2H3,(H,26,32)/b9-6+. The zero-order valence-electron chi connectivity index (χ0n) is 19.2. The van der Waals surface area contributed by atoms with Crippen LogP contribution in [-0.2, 0) is 13.1 Å². The number of benzene rings is 1. The van der Waals surface area contributed by atoms with Gasteiger partial charge in [0.25, 0.3) is 5.91 Å². The number of carbonyl (C=O) groups excluding carboxylic acids is 1. The second-order valence-electron chi connectivity index (χ2n) is 8.27. The molecular formula is C25H30N6O2. The predicted octanol–water partition coefficient (Wildman–Crippen LogP) is 2.84. The lowest BCUT2D eigenvalue weighted by Crippen LogP contribution is -2.45. The molecule has 0 atom stereocenters. The summed E-state index contributed by atoms with van der Waals surface area (Å²) in [7, 11) is 0. The monoisotopic (exact) mass is 446 g/mol. The molecule has 0 bridgehead atoms. The van der Waals surface area contributed by atoms with Gasteiger partial charge in [-0.15, -0.1) is 0 Å². The number of hydrogen-bond acceptors (Lipinski definition) is 7. The number of piperazine rings is 1. The van der Waals surface area contributed by atoms with Crippen LogP contribution in [0.15, 0.2) is 53.2 Å². The number of aromatic nitrogens is 3. The van der Waals surface area contributed by atoms with E-state index in [1.165, 1.54) is 11.8 Å².